The van der Waals surface area contributed by atoms with Gasteiger partial charge in [0, 0.05) is 0 Å². The van der Waals surface area contributed by atoms with Crippen molar-refractivity contribution in [2.24, 2.45) is 5.92 Å². The number of hydrogen-bond acceptors (Lipinski definition) is 5. The molecule has 3 aromatic rings. The minimum atomic E-state index is -1.05. The van der Waals surface area contributed by atoms with Crippen molar-refractivity contribution in [3.05, 3.63) is 56.4 Å². The van der Waals surface area contributed by atoms with Gasteiger partial charge in [0.1, 0.15) is 21.3 Å². The van der Waals surface area contributed by atoms with Crippen LogP contribution in [0.3, 0.4) is 0 Å². The standard InChI is InChI=1S/C21H22N2O4S/c1-12(2)10-11-27-15-7-4-14(5-8-15)6-9-16-22-19(24)17-13(3)18(21(25)26)28-20(17)23-16/h4-9,12H,10-11H2,1-3H3,(H,25,26)(H,22,23,24)/b9-6+. The lowest BCUT2D eigenvalue weighted by atomic mass is 10.1. The van der Waals surface area contributed by atoms with Crippen molar-refractivity contribution < 1.29 is 14.6 Å². The SMILES string of the molecule is Cc1c(C(=O)O)sc2nc(/C=C/c3ccc(OCCC(C)C)cc3)[nH]c(=O)c12. The minimum Gasteiger partial charge on any atom is -0.494 e. The summed E-state index contributed by atoms with van der Waals surface area (Å²) in [5.41, 5.74) is 1.05. The number of carbonyl (C=O) groups is 1. The lowest BCUT2D eigenvalue weighted by Gasteiger charge is -2.08. The van der Waals surface area contributed by atoms with Crippen molar-refractivity contribution in [3.8, 4) is 5.75 Å². The number of rotatable bonds is 7. The number of ether oxygens (including phenoxy) is 1. The quantitative estimate of drug-likeness (QED) is 0.607. The molecule has 2 heterocycles. The van der Waals surface area contributed by atoms with E-state index < -0.39 is 5.97 Å². The monoisotopic (exact) mass is 398 g/mol. The molecule has 0 aliphatic rings. The Labute approximate surface area is 166 Å². The molecule has 1 aromatic carbocycles. The lowest BCUT2D eigenvalue weighted by Crippen LogP contribution is -2.09. The molecule has 0 amide bonds. The number of H-pyrrole nitrogens is 1. The zero-order valence-electron chi connectivity index (χ0n) is 16.0. The smallest absolute Gasteiger partial charge is 0.346 e. The third-order valence-electron chi connectivity index (χ3n) is 4.29. The summed E-state index contributed by atoms with van der Waals surface area (Å²) in [5, 5.41) is 9.56. The van der Waals surface area contributed by atoms with Crippen LogP contribution in [0, 0.1) is 12.8 Å². The van der Waals surface area contributed by atoms with E-state index in [1.54, 1.807) is 13.0 Å². The Morgan fingerprint density at radius 2 is 2.00 bits per heavy atom. The number of carboxylic acids is 1. The van der Waals surface area contributed by atoms with E-state index in [2.05, 4.69) is 23.8 Å². The van der Waals surface area contributed by atoms with Gasteiger partial charge in [-0.15, -0.1) is 11.3 Å². The van der Waals surface area contributed by atoms with E-state index in [1.807, 2.05) is 30.3 Å². The van der Waals surface area contributed by atoms with Crippen molar-refractivity contribution in [1.82, 2.24) is 9.97 Å². The number of fused-ring (bicyclic) bond motifs is 1. The molecule has 28 heavy (non-hydrogen) atoms. The van der Waals surface area contributed by atoms with Crippen LogP contribution < -0.4 is 10.3 Å². The molecule has 0 saturated carbocycles. The number of aryl methyl sites for hydroxylation is 1. The van der Waals surface area contributed by atoms with Crippen molar-refractivity contribution >= 4 is 39.7 Å². The second kappa shape index (κ2) is 8.39. The Morgan fingerprint density at radius 1 is 1.29 bits per heavy atom. The van der Waals surface area contributed by atoms with E-state index >= 15 is 0 Å². The van der Waals surface area contributed by atoms with Gasteiger partial charge in [0.05, 0.1) is 12.0 Å². The maximum Gasteiger partial charge on any atom is 0.346 e. The lowest BCUT2D eigenvalue weighted by molar-refractivity contribution is 0.0701. The van der Waals surface area contributed by atoms with Gasteiger partial charge in [0.25, 0.3) is 5.56 Å². The van der Waals surface area contributed by atoms with Gasteiger partial charge >= 0.3 is 5.97 Å². The minimum absolute atomic E-state index is 0.141. The van der Waals surface area contributed by atoms with Gasteiger partial charge in [0.2, 0.25) is 0 Å². The Balaban J connectivity index is 1.77. The molecule has 0 radical (unpaired) electrons. The molecule has 146 valence electrons. The maximum absolute atomic E-state index is 12.3. The average Bonchev–Trinajstić information content (AvgIpc) is 2.98. The fraction of sp³-hybridized carbons (Fsp3) is 0.286. The van der Waals surface area contributed by atoms with Crippen molar-refractivity contribution in [2.75, 3.05) is 6.61 Å². The van der Waals surface area contributed by atoms with Crippen LogP contribution in [0.25, 0.3) is 22.4 Å². The molecule has 0 atom stereocenters. The molecular formula is C21H22N2O4S. The summed E-state index contributed by atoms with van der Waals surface area (Å²) in [4.78, 5) is 31.2. The molecule has 6 nitrogen and oxygen atoms in total. The average molecular weight is 398 g/mol. The highest BCUT2D eigenvalue weighted by molar-refractivity contribution is 7.20. The first-order chi connectivity index (χ1) is 13.3. The molecule has 0 saturated heterocycles. The summed E-state index contributed by atoms with van der Waals surface area (Å²) >= 11 is 1.01. The zero-order valence-corrected chi connectivity index (χ0v) is 16.8. The van der Waals surface area contributed by atoms with Crippen molar-refractivity contribution in [2.45, 2.75) is 27.2 Å². The third-order valence-corrected chi connectivity index (χ3v) is 5.46. The fourth-order valence-corrected chi connectivity index (χ4v) is 3.73. The van der Waals surface area contributed by atoms with Crippen LogP contribution in [0.15, 0.2) is 29.1 Å². The van der Waals surface area contributed by atoms with Gasteiger partial charge in [-0.25, -0.2) is 9.78 Å². The molecule has 2 aromatic heterocycles. The van der Waals surface area contributed by atoms with Crippen molar-refractivity contribution in [3.63, 3.8) is 0 Å². The largest absolute Gasteiger partial charge is 0.494 e. The van der Waals surface area contributed by atoms with Gasteiger partial charge in [0.15, 0.2) is 0 Å². The van der Waals surface area contributed by atoms with Crippen LogP contribution in [0.1, 0.15) is 46.9 Å². The van der Waals surface area contributed by atoms with Crippen molar-refractivity contribution in [1.29, 1.82) is 0 Å². The Morgan fingerprint density at radius 3 is 2.64 bits per heavy atom. The Bertz CT molecular complexity index is 1080. The van der Waals surface area contributed by atoms with Gasteiger partial charge in [-0.2, -0.15) is 0 Å². The molecule has 2 N–H and O–H groups in total. The number of thiophene rings is 1. The van der Waals surface area contributed by atoms with Gasteiger partial charge in [-0.1, -0.05) is 32.1 Å². The Hall–Kier alpha value is -2.93. The molecule has 7 heteroatoms. The maximum atomic E-state index is 12.3. The number of carboxylic acid groups (broad SMARTS) is 1. The highest BCUT2D eigenvalue weighted by Crippen LogP contribution is 2.27. The first-order valence-corrected chi connectivity index (χ1v) is 9.84. The van der Waals surface area contributed by atoms with E-state index in [0.29, 0.717) is 34.1 Å². The molecule has 0 fully saturated rings. The highest BCUT2D eigenvalue weighted by atomic mass is 32.1. The van der Waals surface area contributed by atoms with Crippen LogP contribution in [-0.4, -0.2) is 27.7 Å². The Kier molecular flexibility index (Phi) is 5.94. The number of benzene rings is 1. The number of nitrogens with one attached hydrogen (secondary N) is 1. The molecule has 0 aliphatic carbocycles. The third kappa shape index (κ3) is 4.48. The predicted octanol–water partition coefficient (Wildman–Crippen LogP) is 4.59. The fourth-order valence-electron chi connectivity index (χ4n) is 2.71. The first-order valence-electron chi connectivity index (χ1n) is 9.03. The number of hydrogen-bond donors (Lipinski definition) is 2. The number of nitrogens with zero attached hydrogens (tertiary/aromatic N) is 1. The normalized spacial score (nSPS) is 11.6. The molecule has 0 bridgehead atoms. The predicted molar refractivity (Wildman–Crippen MR) is 112 cm³/mol. The van der Waals surface area contributed by atoms with Crippen LogP contribution in [0.4, 0.5) is 0 Å². The molecule has 0 spiro atoms. The van der Waals surface area contributed by atoms with E-state index in [1.165, 1.54) is 0 Å². The van der Waals surface area contributed by atoms with Crippen LogP contribution in [0.5, 0.6) is 5.75 Å². The van der Waals surface area contributed by atoms with Gasteiger partial charge in [-0.05, 0) is 48.6 Å². The second-order valence-electron chi connectivity index (χ2n) is 6.93. The van der Waals surface area contributed by atoms with E-state index in [0.717, 1.165) is 29.1 Å². The highest BCUT2D eigenvalue weighted by Gasteiger charge is 2.18. The van der Waals surface area contributed by atoms with E-state index in [9.17, 15) is 14.7 Å². The van der Waals surface area contributed by atoms with Crippen LogP contribution in [-0.2, 0) is 0 Å². The second-order valence-corrected chi connectivity index (χ2v) is 7.93. The summed E-state index contributed by atoms with van der Waals surface area (Å²) in [7, 11) is 0. The van der Waals surface area contributed by atoms with Crippen LogP contribution >= 0.6 is 11.3 Å². The number of aromatic nitrogens is 2. The van der Waals surface area contributed by atoms with E-state index in [-0.39, 0.29) is 10.4 Å². The van der Waals surface area contributed by atoms with E-state index in [4.69, 9.17) is 4.74 Å². The number of aromatic carboxylic acids is 1. The number of aromatic amines is 1. The molecule has 0 aliphatic heterocycles. The van der Waals surface area contributed by atoms with Gasteiger partial charge < -0.3 is 14.8 Å². The summed E-state index contributed by atoms with van der Waals surface area (Å²) in [6.45, 7) is 6.63. The molecular weight excluding hydrogens is 376 g/mol. The van der Waals surface area contributed by atoms with Gasteiger partial charge in [-0.3, -0.25) is 4.79 Å². The van der Waals surface area contributed by atoms with Crippen LogP contribution in [0.2, 0.25) is 0 Å². The zero-order chi connectivity index (χ0) is 20.3. The first kappa shape index (κ1) is 19.8. The topological polar surface area (TPSA) is 92.3 Å². The molecule has 0 unspecified atom stereocenters. The summed E-state index contributed by atoms with van der Waals surface area (Å²) in [6.07, 6.45) is 4.54. The molecule has 3 rings (SSSR count). The summed E-state index contributed by atoms with van der Waals surface area (Å²) in [5.74, 6) is 0.759. The summed E-state index contributed by atoms with van der Waals surface area (Å²) in [6, 6.07) is 7.66. The summed E-state index contributed by atoms with van der Waals surface area (Å²) < 4.78 is 5.70.